The number of hydrogen-bond donors (Lipinski definition) is 4. The van der Waals surface area contributed by atoms with Crippen LogP contribution in [0.3, 0.4) is 0 Å². The summed E-state index contributed by atoms with van der Waals surface area (Å²) in [4.78, 5) is 13.9. The molecular weight excluding hydrogens is 490 g/mol. The zero-order chi connectivity index (χ0) is 27.8. The molecule has 4 N–H and O–H groups in total. The van der Waals surface area contributed by atoms with Crippen LogP contribution in [0.4, 0.5) is 0 Å². The van der Waals surface area contributed by atoms with Crippen molar-refractivity contribution in [1.29, 1.82) is 0 Å². The third kappa shape index (κ3) is 7.27. The predicted octanol–water partition coefficient (Wildman–Crippen LogP) is 5.43. The number of aryl methyl sites for hydroxylation is 1. The first-order chi connectivity index (χ1) is 18.9. The van der Waals surface area contributed by atoms with E-state index in [0.717, 1.165) is 44.5 Å². The molecular formula is C33H41NO5. The van der Waals surface area contributed by atoms with Crippen molar-refractivity contribution < 1.29 is 25.2 Å². The molecule has 0 amide bonds. The molecule has 1 saturated heterocycles. The number of carbonyl (C=O) groups is 1. The maximum absolute atomic E-state index is 11.4. The maximum atomic E-state index is 11.4. The number of phenolic OH excluding ortho intramolecular Hbond substituents is 1. The highest BCUT2D eigenvalue weighted by Crippen LogP contribution is 2.38. The summed E-state index contributed by atoms with van der Waals surface area (Å²) in [6.07, 6.45) is 3.19. The lowest BCUT2D eigenvalue weighted by atomic mass is 9.76. The molecule has 39 heavy (non-hydrogen) atoms. The highest BCUT2D eigenvalue weighted by atomic mass is 16.4. The van der Waals surface area contributed by atoms with Gasteiger partial charge in [0.15, 0.2) is 0 Å². The van der Waals surface area contributed by atoms with E-state index in [1.165, 1.54) is 11.1 Å². The van der Waals surface area contributed by atoms with E-state index in [1.807, 2.05) is 31.2 Å². The number of likely N-dealkylation sites (tertiary alicyclic amines) is 1. The first-order valence-corrected chi connectivity index (χ1v) is 14.1. The van der Waals surface area contributed by atoms with E-state index in [2.05, 4.69) is 29.2 Å². The predicted molar refractivity (Wildman–Crippen MR) is 153 cm³/mol. The van der Waals surface area contributed by atoms with E-state index in [0.29, 0.717) is 35.4 Å². The van der Waals surface area contributed by atoms with Gasteiger partial charge in [0.1, 0.15) is 5.75 Å². The van der Waals surface area contributed by atoms with Gasteiger partial charge in [-0.05, 0) is 103 Å². The van der Waals surface area contributed by atoms with Crippen molar-refractivity contribution >= 4 is 5.97 Å². The average molecular weight is 532 g/mol. The SMILES string of the molecule is CCc1ccc(CC(=O)O)c(C(O)CCCN2CCC(C(c3ccccc3)c3ccc(O)cc3)CC2)c1CO. The van der Waals surface area contributed by atoms with Crippen LogP contribution < -0.4 is 0 Å². The highest BCUT2D eigenvalue weighted by Gasteiger charge is 2.29. The Labute approximate surface area is 231 Å². The molecule has 1 heterocycles. The molecule has 0 aromatic heterocycles. The first kappa shape index (κ1) is 28.8. The Balaban J connectivity index is 1.37. The van der Waals surface area contributed by atoms with E-state index in [4.69, 9.17) is 0 Å². The molecule has 1 fully saturated rings. The topological polar surface area (TPSA) is 101 Å². The van der Waals surface area contributed by atoms with Crippen molar-refractivity contribution in [3.8, 4) is 5.75 Å². The van der Waals surface area contributed by atoms with Gasteiger partial charge < -0.3 is 25.3 Å². The highest BCUT2D eigenvalue weighted by molar-refractivity contribution is 5.71. The van der Waals surface area contributed by atoms with Gasteiger partial charge >= 0.3 is 5.97 Å². The summed E-state index contributed by atoms with van der Waals surface area (Å²) in [7, 11) is 0. The Bertz CT molecular complexity index is 1200. The lowest BCUT2D eigenvalue weighted by Gasteiger charge is -2.37. The van der Waals surface area contributed by atoms with Gasteiger partial charge in [-0.25, -0.2) is 0 Å². The Morgan fingerprint density at radius 3 is 2.21 bits per heavy atom. The number of aliphatic carboxylic acids is 1. The molecule has 6 nitrogen and oxygen atoms in total. The van der Waals surface area contributed by atoms with Gasteiger partial charge in [-0.1, -0.05) is 61.5 Å². The molecule has 0 spiro atoms. The van der Waals surface area contributed by atoms with Crippen molar-refractivity contribution in [3.05, 3.63) is 100 Å². The number of carboxylic acid groups (broad SMARTS) is 1. The molecule has 0 saturated carbocycles. The monoisotopic (exact) mass is 531 g/mol. The summed E-state index contributed by atoms with van der Waals surface area (Å²) in [5.41, 5.74) is 5.33. The van der Waals surface area contributed by atoms with E-state index in [9.17, 15) is 25.2 Å². The fourth-order valence-electron chi connectivity index (χ4n) is 6.25. The van der Waals surface area contributed by atoms with Gasteiger partial charge in [-0.2, -0.15) is 0 Å². The molecule has 4 rings (SSSR count). The van der Waals surface area contributed by atoms with Crippen molar-refractivity contribution in [1.82, 2.24) is 4.90 Å². The Kier molecular flexibility index (Phi) is 10.2. The molecule has 2 atom stereocenters. The third-order valence-corrected chi connectivity index (χ3v) is 8.22. The lowest BCUT2D eigenvalue weighted by molar-refractivity contribution is -0.136. The number of aromatic hydroxyl groups is 1. The minimum Gasteiger partial charge on any atom is -0.508 e. The quantitative estimate of drug-likeness (QED) is 0.249. The summed E-state index contributed by atoms with van der Waals surface area (Å²) in [5.74, 6) is 0.123. The molecule has 0 bridgehead atoms. The molecule has 0 aliphatic carbocycles. The fraction of sp³-hybridized carbons (Fsp3) is 0.424. The number of benzene rings is 3. The lowest BCUT2D eigenvalue weighted by Crippen LogP contribution is -2.36. The van der Waals surface area contributed by atoms with Crippen molar-refractivity contribution in [3.63, 3.8) is 0 Å². The van der Waals surface area contributed by atoms with Crippen molar-refractivity contribution in [2.45, 2.75) is 64.1 Å². The zero-order valence-electron chi connectivity index (χ0n) is 22.8. The Hall–Kier alpha value is -3.19. The van der Waals surface area contributed by atoms with Crippen molar-refractivity contribution in [2.24, 2.45) is 5.92 Å². The summed E-state index contributed by atoms with van der Waals surface area (Å²) >= 11 is 0. The van der Waals surface area contributed by atoms with Crippen LogP contribution in [0.1, 0.15) is 78.0 Å². The second-order valence-electron chi connectivity index (χ2n) is 10.7. The zero-order valence-corrected chi connectivity index (χ0v) is 22.8. The second-order valence-corrected chi connectivity index (χ2v) is 10.7. The smallest absolute Gasteiger partial charge is 0.307 e. The van der Waals surface area contributed by atoms with E-state index in [1.54, 1.807) is 18.2 Å². The fourth-order valence-corrected chi connectivity index (χ4v) is 6.25. The number of aliphatic hydroxyl groups is 2. The average Bonchev–Trinajstić information content (AvgIpc) is 2.95. The van der Waals surface area contributed by atoms with Gasteiger partial charge in [0, 0.05) is 5.92 Å². The van der Waals surface area contributed by atoms with Crippen LogP contribution in [0.25, 0.3) is 0 Å². The minimum absolute atomic E-state index is 0.166. The Morgan fingerprint density at radius 2 is 1.59 bits per heavy atom. The molecule has 1 aliphatic rings. The summed E-state index contributed by atoms with van der Waals surface area (Å²) < 4.78 is 0. The maximum Gasteiger partial charge on any atom is 0.307 e. The minimum atomic E-state index is -0.944. The number of aliphatic hydroxyl groups excluding tert-OH is 2. The largest absolute Gasteiger partial charge is 0.508 e. The van der Waals surface area contributed by atoms with Crippen LogP contribution in [0.15, 0.2) is 66.7 Å². The van der Waals surface area contributed by atoms with Crippen molar-refractivity contribution in [2.75, 3.05) is 19.6 Å². The standard InChI is InChI=1S/C33H41NO5/c1-2-23-10-11-27(21-31(38)39)33(29(23)22-35)30(37)9-6-18-34-19-16-26(17-20-34)32(24-7-4-3-5-8-24)25-12-14-28(36)15-13-25/h3-5,7-8,10-15,26,30,32,35-37H,2,6,9,16-22H2,1H3,(H,38,39). The van der Waals surface area contributed by atoms with Crippen LogP contribution >= 0.6 is 0 Å². The molecule has 208 valence electrons. The van der Waals surface area contributed by atoms with E-state index < -0.39 is 12.1 Å². The number of nitrogens with zero attached hydrogens (tertiary/aromatic N) is 1. The van der Waals surface area contributed by atoms with Crippen LogP contribution in [-0.2, 0) is 24.2 Å². The van der Waals surface area contributed by atoms with Crippen LogP contribution in [-0.4, -0.2) is 50.9 Å². The van der Waals surface area contributed by atoms with Crippen LogP contribution in [0.5, 0.6) is 5.75 Å². The Morgan fingerprint density at radius 1 is 0.949 bits per heavy atom. The summed E-state index contributed by atoms with van der Waals surface area (Å²) in [5, 5.41) is 40.3. The number of rotatable bonds is 12. The third-order valence-electron chi connectivity index (χ3n) is 8.22. The normalized spacial score (nSPS) is 16.2. The van der Waals surface area contributed by atoms with Crippen LogP contribution in [0, 0.1) is 5.92 Å². The summed E-state index contributed by atoms with van der Waals surface area (Å²) in [6.45, 7) is 4.63. The molecule has 0 radical (unpaired) electrons. The second kappa shape index (κ2) is 13.7. The summed E-state index contributed by atoms with van der Waals surface area (Å²) in [6, 6.07) is 21.9. The number of phenols is 1. The molecule has 2 unspecified atom stereocenters. The van der Waals surface area contributed by atoms with Gasteiger partial charge in [-0.15, -0.1) is 0 Å². The number of piperidine rings is 1. The molecule has 3 aromatic rings. The van der Waals surface area contributed by atoms with Gasteiger partial charge in [0.25, 0.3) is 0 Å². The van der Waals surface area contributed by atoms with E-state index >= 15 is 0 Å². The van der Waals surface area contributed by atoms with Crippen LogP contribution in [0.2, 0.25) is 0 Å². The molecule has 6 heteroatoms. The number of carboxylic acids is 1. The molecule has 1 aliphatic heterocycles. The first-order valence-electron chi connectivity index (χ1n) is 14.1. The van der Waals surface area contributed by atoms with Gasteiger partial charge in [0.2, 0.25) is 0 Å². The van der Waals surface area contributed by atoms with Gasteiger partial charge in [0.05, 0.1) is 19.1 Å². The van der Waals surface area contributed by atoms with E-state index in [-0.39, 0.29) is 24.7 Å². The molecule has 3 aromatic carbocycles. The van der Waals surface area contributed by atoms with Gasteiger partial charge in [-0.3, -0.25) is 4.79 Å². The number of hydrogen-bond acceptors (Lipinski definition) is 5.